The van der Waals surface area contributed by atoms with E-state index in [2.05, 4.69) is 28.9 Å². The molecule has 2 unspecified atom stereocenters. The average molecular weight is 290 g/mol. The van der Waals surface area contributed by atoms with E-state index in [0.29, 0.717) is 0 Å². The normalized spacial score (nSPS) is 24.1. The van der Waals surface area contributed by atoms with Gasteiger partial charge in [-0.2, -0.15) is 0 Å². The molecule has 0 saturated carbocycles. The molecular weight excluding hydrogens is 274 g/mol. The van der Waals surface area contributed by atoms with Gasteiger partial charge in [0, 0.05) is 11.5 Å². The summed E-state index contributed by atoms with van der Waals surface area (Å²) in [6.07, 6.45) is 3.72. The van der Waals surface area contributed by atoms with Crippen LogP contribution in [0.3, 0.4) is 0 Å². The molecule has 1 aromatic rings. The van der Waals surface area contributed by atoms with E-state index in [0.717, 1.165) is 13.0 Å². The van der Waals surface area contributed by atoms with Crippen molar-refractivity contribution in [3.8, 4) is 0 Å². The number of nitrogens with two attached hydrogens (primary N) is 1. The van der Waals surface area contributed by atoms with E-state index in [1.165, 1.54) is 27.1 Å². The topological polar surface area (TPSA) is 35.2 Å². The zero-order valence-corrected chi connectivity index (χ0v) is 11.2. The molecule has 1 aromatic heterocycles. The zero-order chi connectivity index (χ0) is 10.8. The fourth-order valence-electron chi connectivity index (χ4n) is 1.88. The SMILES string of the molecule is Cc1cc(C(N)C2CCCCO2)sc1Br. The Kier molecular flexibility index (Phi) is 3.83. The number of ether oxygens (including phenoxy) is 1. The number of rotatable bonds is 2. The minimum Gasteiger partial charge on any atom is -0.376 e. The van der Waals surface area contributed by atoms with Gasteiger partial charge in [0.2, 0.25) is 0 Å². The number of halogens is 1. The Morgan fingerprint density at radius 3 is 2.93 bits per heavy atom. The molecule has 2 atom stereocenters. The van der Waals surface area contributed by atoms with Crippen LogP contribution in [0.25, 0.3) is 0 Å². The molecule has 1 aliphatic rings. The quantitative estimate of drug-likeness (QED) is 0.906. The van der Waals surface area contributed by atoms with Crippen LogP contribution in [0.1, 0.15) is 35.7 Å². The molecule has 15 heavy (non-hydrogen) atoms. The third kappa shape index (κ3) is 2.61. The third-order valence-electron chi connectivity index (χ3n) is 2.82. The summed E-state index contributed by atoms with van der Waals surface area (Å²) < 4.78 is 6.89. The van der Waals surface area contributed by atoms with Crippen LogP contribution in [0.5, 0.6) is 0 Å². The lowest BCUT2D eigenvalue weighted by molar-refractivity contribution is 0.000665. The lowest BCUT2D eigenvalue weighted by Gasteiger charge is -2.27. The smallest absolute Gasteiger partial charge is 0.0775 e. The zero-order valence-electron chi connectivity index (χ0n) is 8.83. The predicted molar refractivity (Wildman–Crippen MR) is 67.3 cm³/mol. The Morgan fingerprint density at radius 1 is 1.60 bits per heavy atom. The van der Waals surface area contributed by atoms with E-state index in [1.54, 1.807) is 11.3 Å². The molecule has 1 saturated heterocycles. The summed E-state index contributed by atoms with van der Waals surface area (Å²) in [7, 11) is 0. The Morgan fingerprint density at radius 2 is 2.40 bits per heavy atom. The van der Waals surface area contributed by atoms with E-state index in [4.69, 9.17) is 10.5 Å². The molecular formula is C11H16BrNOS. The van der Waals surface area contributed by atoms with Crippen LogP contribution in [-0.2, 0) is 4.74 Å². The van der Waals surface area contributed by atoms with Gasteiger partial charge in [0.05, 0.1) is 15.9 Å². The molecule has 0 bridgehead atoms. The molecule has 1 fully saturated rings. The van der Waals surface area contributed by atoms with E-state index >= 15 is 0 Å². The Bertz CT molecular complexity index is 314. The van der Waals surface area contributed by atoms with Gasteiger partial charge in [0.1, 0.15) is 0 Å². The first kappa shape index (κ1) is 11.6. The lowest BCUT2D eigenvalue weighted by atomic mass is 10.0. The molecule has 0 spiro atoms. The minimum atomic E-state index is 0.0419. The second-order valence-corrected chi connectivity index (χ2v) is 6.44. The van der Waals surface area contributed by atoms with Crippen LogP contribution < -0.4 is 5.73 Å². The molecule has 84 valence electrons. The Hall–Kier alpha value is 0.100. The first-order chi connectivity index (χ1) is 7.18. The van der Waals surface area contributed by atoms with Crippen molar-refractivity contribution in [3.05, 3.63) is 20.3 Å². The van der Waals surface area contributed by atoms with Crippen molar-refractivity contribution >= 4 is 27.3 Å². The second-order valence-electron chi connectivity index (χ2n) is 4.04. The highest BCUT2D eigenvalue weighted by Gasteiger charge is 2.24. The first-order valence-corrected chi connectivity index (χ1v) is 6.92. The van der Waals surface area contributed by atoms with Crippen molar-refractivity contribution in [2.75, 3.05) is 6.61 Å². The summed E-state index contributed by atoms with van der Waals surface area (Å²) in [4.78, 5) is 1.23. The van der Waals surface area contributed by atoms with E-state index < -0.39 is 0 Å². The number of hydrogen-bond acceptors (Lipinski definition) is 3. The lowest BCUT2D eigenvalue weighted by Crippen LogP contribution is -2.31. The van der Waals surface area contributed by atoms with Crippen LogP contribution in [0, 0.1) is 6.92 Å². The highest BCUT2D eigenvalue weighted by atomic mass is 79.9. The minimum absolute atomic E-state index is 0.0419. The van der Waals surface area contributed by atoms with Crippen molar-refractivity contribution in [2.24, 2.45) is 5.73 Å². The summed E-state index contributed by atoms with van der Waals surface area (Å²) in [6, 6.07) is 2.21. The highest BCUT2D eigenvalue weighted by Crippen LogP contribution is 2.34. The van der Waals surface area contributed by atoms with E-state index in [9.17, 15) is 0 Å². The van der Waals surface area contributed by atoms with Crippen molar-refractivity contribution in [1.82, 2.24) is 0 Å². The molecule has 0 amide bonds. The van der Waals surface area contributed by atoms with Crippen LogP contribution >= 0.6 is 27.3 Å². The van der Waals surface area contributed by atoms with E-state index in [-0.39, 0.29) is 12.1 Å². The molecule has 4 heteroatoms. The van der Waals surface area contributed by atoms with Gasteiger partial charge in [0.15, 0.2) is 0 Å². The summed E-state index contributed by atoms with van der Waals surface area (Å²) in [5.41, 5.74) is 7.48. The van der Waals surface area contributed by atoms with Gasteiger partial charge >= 0.3 is 0 Å². The van der Waals surface area contributed by atoms with Crippen LogP contribution in [-0.4, -0.2) is 12.7 Å². The van der Waals surface area contributed by atoms with Crippen LogP contribution in [0.4, 0.5) is 0 Å². The second kappa shape index (κ2) is 4.95. The molecule has 2 rings (SSSR count). The van der Waals surface area contributed by atoms with Crippen LogP contribution in [0.15, 0.2) is 9.85 Å². The van der Waals surface area contributed by atoms with Gasteiger partial charge in [-0.3, -0.25) is 0 Å². The van der Waals surface area contributed by atoms with Gasteiger partial charge < -0.3 is 10.5 Å². The van der Waals surface area contributed by atoms with Gasteiger partial charge in [-0.05, 0) is 53.7 Å². The van der Waals surface area contributed by atoms with Crippen molar-refractivity contribution in [3.63, 3.8) is 0 Å². The third-order valence-corrected chi connectivity index (χ3v) is 5.06. The van der Waals surface area contributed by atoms with Gasteiger partial charge in [-0.15, -0.1) is 11.3 Å². The van der Waals surface area contributed by atoms with E-state index in [1.807, 2.05) is 0 Å². The van der Waals surface area contributed by atoms with Gasteiger partial charge in [0.25, 0.3) is 0 Å². The maximum atomic E-state index is 6.22. The first-order valence-electron chi connectivity index (χ1n) is 5.31. The molecule has 0 aromatic carbocycles. The standard InChI is InChI=1S/C11H16BrNOS/c1-7-6-9(15-11(7)12)10(13)8-4-2-3-5-14-8/h6,8,10H,2-5,13H2,1H3. The molecule has 2 heterocycles. The number of hydrogen-bond donors (Lipinski definition) is 1. The largest absolute Gasteiger partial charge is 0.376 e. The highest BCUT2D eigenvalue weighted by molar-refractivity contribution is 9.11. The van der Waals surface area contributed by atoms with Crippen molar-refractivity contribution in [2.45, 2.75) is 38.3 Å². The summed E-state index contributed by atoms with van der Waals surface area (Å²) >= 11 is 5.26. The summed E-state index contributed by atoms with van der Waals surface area (Å²) in [5.74, 6) is 0. The maximum Gasteiger partial charge on any atom is 0.0775 e. The fraction of sp³-hybridized carbons (Fsp3) is 0.636. The fourth-order valence-corrected chi connectivity index (χ4v) is 3.51. The summed E-state index contributed by atoms with van der Waals surface area (Å²) in [6.45, 7) is 2.96. The Balaban J connectivity index is 2.08. The molecule has 0 aliphatic carbocycles. The monoisotopic (exact) mass is 289 g/mol. The predicted octanol–water partition coefficient (Wildman–Crippen LogP) is 3.39. The molecule has 2 nitrogen and oxygen atoms in total. The average Bonchev–Trinajstić information content (AvgIpc) is 2.59. The number of aryl methyl sites for hydroxylation is 1. The number of thiophene rings is 1. The van der Waals surface area contributed by atoms with Gasteiger partial charge in [-0.1, -0.05) is 0 Å². The summed E-state index contributed by atoms with van der Waals surface area (Å²) in [5, 5.41) is 0. The molecule has 1 aliphatic heterocycles. The maximum absolute atomic E-state index is 6.22. The van der Waals surface area contributed by atoms with Crippen molar-refractivity contribution < 1.29 is 4.74 Å². The molecule has 2 N–H and O–H groups in total. The van der Waals surface area contributed by atoms with Crippen LogP contribution in [0.2, 0.25) is 0 Å². The molecule has 0 radical (unpaired) electrons. The van der Waals surface area contributed by atoms with Gasteiger partial charge in [-0.25, -0.2) is 0 Å². The Labute approximate surface area is 103 Å². The van der Waals surface area contributed by atoms with Crippen molar-refractivity contribution in [1.29, 1.82) is 0 Å².